The first-order valence-corrected chi connectivity index (χ1v) is 4.06. The smallest absolute Gasteiger partial charge is 0.122 e. The van der Waals surface area contributed by atoms with Crippen molar-refractivity contribution in [2.45, 2.75) is 13.5 Å². The number of benzene rings is 1. The zero-order valence-electron chi connectivity index (χ0n) is 8.26. The second-order valence-corrected chi connectivity index (χ2v) is 2.83. The van der Waals surface area contributed by atoms with Crippen molar-refractivity contribution in [1.82, 2.24) is 5.32 Å². The fraction of sp³-hybridized carbons (Fsp3) is 0.400. The van der Waals surface area contributed by atoms with Crippen LogP contribution in [0.3, 0.4) is 0 Å². The van der Waals surface area contributed by atoms with Crippen LogP contribution in [-0.4, -0.2) is 14.2 Å². The quantitative estimate of drug-likeness (QED) is 0.809. The topological polar surface area (TPSA) is 21.3 Å². The van der Waals surface area contributed by atoms with Crippen LogP contribution in [0.5, 0.6) is 5.75 Å². The van der Waals surface area contributed by atoms with Gasteiger partial charge in [-0.15, -0.1) is 12.4 Å². The van der Waals surface area contributed by atoms with Crippen molar-refractivity contribution in [1.29, 1.82) is 0 Å². The minimum Gasteiger partial charge on any atom is -0.496 e. The van der Waals surface area contributed by atoms with Crippen LogP contribution >= 0.6 is 12.4 Å². The molecule has 1 rings (SSSR count). The Labute approximate surface area is 85.7 Å². The average Bonchev–Trinajstić information content (AvgIpc) is 2.09. The molecule has 3 heteroatoms. The fourth-order valence-corrected chi connectivity index (χ4v) is 1.18. The summed E-state index contributed by atoms with van der Waals surface area (Å²) in [6, 6.07) is 6.24. The van der Waals surface area contributed by atoms with Gasteiger partial charge in [-0.2, -0.15) is 0 Å². The standard InChI is InChI=1S/C10H15NO.ClH/c1-8-4-5-9(7-11-2)6-10(8)12-3;/h4-6,11H,7H2,1-3H3;1H. The largest absolute Gasteiger partial charge is 0.496 e. The van der Waals surface area contributed by atoms with Crippen molar-refractivity contribution in [2.75, 3.05) is 14.2 Å². The van der Waals surface area contributed by atoms with Crippen LogP contribution in [0.2, 0.25) is 0 Å². The highest BCUT2D eigenvalue weighted by molar-refractivity contribution is 5.85. The predicted octanol–water partition coefficient (Wildman–Crippen LogP) is 2.14. The number of hydrogen-bond donors (Lipinski definition) is 1. The lowest BCUT2D eigenvalue weighted by Crippen LogP contribution is -2.05. The van der Waals surface area contributed by atoms with E-state index in [1.54, 1.807) is 7.11 Å². The van der Waals surface area contributed by atoms with Gasteiger partial charge >= 0.3 is 0 Å². The summed E-state index contributed by atoms with van der Waals surface area (Å²) in [5.74, 6) is 0.961. The number of halogens is 1. The third-order valence-corrected chi connectivity index (χ3v) is 1.85. The van der Waals surface area contributed by atoms with Crippen LogP contribution < -0.4 is 10.1 Å². The Morgan fingerprint density at radius 3 is 2.62 bits per heavy atom. The molecule has 0 radical (unpaired) electrons. The number of aryl methyl sites for hydroxylation is 1. The van der Waals surface area contributed by atoms with Crippen molar-refractivity contribution in [3.63, 3.8) is 0 Å². The lowest BCUT2D eigenvalue weighted by molar-refractivity contribution is 0.411. The van der Waals surface area contributed by atoms with Gasteiger partial charge in [-0.05, 0) is 31.2 Å². The SMILES string of the molecule is CNCc1ccc(C)c(OC)c1.Cl. The summed E-state index contributed by atoms with van der Waals surface area (Å²) in [6.07, 6.45) is 0. The second kappa shape index (κ2) is 5.84. The molecular weight excluding hydrogens is 186 g/mol. The molecule has 0 saturated carbocycles. The number of hydrogen-bond acceptors (Lipinski definition) is 2. The van der Waals surface area contributed by atoms with E-state index in [1.807, 2.05) is 14.0 Å². The van der Waals surface area contributed by atoms with Gasteiger partial charge in [-0.3, -0.25) is 0 Å². The average molecular weight is 202 g/mol. The molecule has 0 spiro atoms. The zero-order valence-corrected chi connectivity index (χ0v) is 9.07. The molecule has 1 aromatic carbocycles. The molecule has 0 saturated heterocycles. The van der Waals surface area contributed by atoms with Crippen LogP contribution in [-0.2, 0) is 6.54 Å². The predicted molar refractivity (Wildman–Crippen MR) is 57.7 cm³/mol. The molecule has 0 fully saturated rings. The molecule has 0 aromatic heterocycles. The van der Waals surface area contributed by atoms with Gasteiger partial charge in [0.15, 0.2) is 0 Å². The van der Waals surface area contributed by atoms with Gasteiger partial charge in [0.1, 0.15) is 5.75 Å². The molecule has 0 aliphatic rings. The highest BCUT2D eigenvalue weighted by atomic mass is 35.5. The van der Waals surface area contributed by atoms with E-state index in [0.717, 1.165) is 12.3 Å². The Morgan fingerprint density at radius 2 is 2.08 bits per heavy atom. The van der Waals surface area contributed by atoms with Crippen molar-refractivity contribution < 1.29 is 4.74 Å². The minimum atomic E-state index is 0. The Morgan fingerprint density at radius 1 is 1.38 bits per heavy atom. The Balaban J connectivity index is 0.00000144. The molecule has 0 heterocycles. The third-order valence-electron chi connectivity index (χ3n) is 1.85. The zero-order chi connectivity index (χ0) is 8.97. The summed E-state index contributed by atoms with van der Waals surface area (Å²) >= 11 is 0. The summed E-state index contributed by atoms with van der Waals surface area (Å²) in [5.41, 5.74) is 2.43. The van der Waals surface area contributed by atoms with Crippen LogP contribution in [0.4, 0.5) is 0 Å². The van der Waals surface area contributed by atoms with Gasteiger partial charge in [-0.25, -0.2) is 0 Å². The molecule has 0 atom stereocenters. The summed E-state index contributed by atoms with van der Waals surface area (Å²) in [6.45, 7) is 2.93. The highest BCUT2D eigenvalue weighted by Crippen LogP contribution is 2.18. The van der Waals surface area contributed by atoms with Gasteiger partial charge in [0.25, 0.3) is 0 Å². The highest BCUT2D eigenvalue weighted by Gasteiger charge is 1.98. The molecule has 2 nitrogen and oxygen atoms in total. The Bertz CT molecular complexity index is 263. The summed E-state index contributed by atoms with van der Waals surface area (Å²) in [4.78, 5) is 0. The van der Waals surface area contributed by atoms with E-state index in [1.165, 1.54) is 11.1 Å². The van der Waals surface area contributed by atoms with Crippen molar-refractivity contribution >= 4 is 12.4 Å². The molecule has 0 bridgehead atoms. The minimum absolute atomic E-state index is 0. The van der Waals surface area contributed by atoms with Gasteiger partial charge in [0.2, 0.25) is 0 Å². The van der Waals surface area contributed by atoms with Crippen LogP contribution in [0.25, 0.3) is 0 Å². The van der Waals surface area contributed by atoms with Crippen LogP contribution in [0.15, 0.2) is 18.2 Å². The Hall–Kier alpha value is -0.730. The maximum Gasteiger partial charge on any atom is 0.122 e. The molecule has 0 amide bonds. The Kier molecular flexibility index (Phi) is 5.51. The first kappa shape index (κ1) is 12.3. The molecule has 0 aliphatic carbocycles. The second-order valence-electron chi connectivity index (χ2n) is 2.83. The normalized spacial score (nSPS) is 9.15. The van der Waals surface area contributed by atoms with Gasteiger partial charge in [0.05, 0.1) is 7.11 Å². The number of ether oxygens (including phenoxy) is 1. The summed E-state index contributed by atoms with van der Waals surface area (Å²) in [5, 5.41) is 3.10. The lowest BCUT2D eigenvalue weighted by Gasteiger charge is -2.06. The molecular formula is C10H16ClNO. The number of methoxy groups -OCH3 is 1. The van der Waals surface area contributed by atoms with E-state index in [-0.39, 0.29) is 12.4 Å². The number of rotatable bonds is 3. The molecule has 1 aromatic rings. The first-order valence-electron chi connectivity index (χ1n) is 4.06. The fourth-order valence-electron chi connectivity index (χ4n) is 1.18. The van der Waals surface area contributed by atoms with Crippen molar-refractivity contribution in [3.05, 3.63) is 29.3 Å². The van der Waals surface area contributed by atoms with E-state index < -0.39 is 0 Å². The van der Waals surface area contributed by atoms with Gasteiger partial charge in [-0.1, -0.05) is 12.1 Å². The lowest BCUT2D eigenvalue weighted by atomic mass is 10.1. The monoisotopic (exact) mass is 201 g/mol. The molecule has 1 N–H and O–H groups in total. The van der Waals surface area contributed by atoms with Crippen molar-refractivity contribution in [2.24, 2.45) is 0 Å². The maximum absolute atomic E-state index is 5.20. The van der Waals surface area contributed by atoms with E-state index in [0.29, 0.717) is 0 Å². The third kappa shape index (κ3) is 3.25. The van der Waals surface area contributed by atoms with Crippen LogP contribution in [0.1, 0.15) is 11.1 Å². The van der Waals surface area contributed by atoms with E-state index >= 15 is 0 Å². The summed E-state index contributed by atoms with van der Waals surface area (Å²) < 4.78 is 5.20. The molecule has 0 aliphatic heterocycles. The molecule has 13 heavy (non-hydrogen) atoms. The molecule has 74 valence electrons. The van der Waals surface area contributed by atoms with Gasteiger partial charge < -0.3 is 10.1 Å². The van der Waals surface area contributed by atoms with Crippen molar-refractivity contribution in [3.8, 4) is 5.75 Å². The summed E-state index contributed by atoms with van der Waals surface area (Å²) in [7, 11) is 3.64. The van der Waals surface area contributed by atoms with E-state index in [2.05, 4.69) is 23.5 Å². The number of nitrogens with one attached hydrogen (secondary N) is 1. The first-order chi connectivity index (χ1) is 5.77. The maximum atomic E-state index is 5.20. The van der Waals surface area contributed by atoms with Gasteiger partial charge in [0, 0.05) is 6.54 Å². The van der Waals surface area contributed by atoms with Crippen LogP contribution in [0, 0.1) is 6.92 Å². The van der Waals surface area contributed by atoms with E-state index in [4.69, 9.17) is 4.74 Å². The molecule has 0 unspecified atom stereocenters. The van der Waals surface area contributed by atoms with E-state index in [9.17, 15) is 0 Å².